The summed E-state index contributed by atoms with van der Waals surface area (Å²) in [6, 6.07) is 2.05. The number of H-pyrrole nitrogens is 1. The first kappa shape index (κ1) is 7.55. The van der Waals surface area contributed by atoms with Crippen LogP contribution in [0.3, 0.4) is 0 Å². The van der Waals surface area contributed by atoms with E-state index in [0.29, 0.717) is 0 Å². The molecular formula is C9H12N2O. The van der Waals surface area contributed by atoms with Gasteiger partial charge in [0.25, 0.3) is 0 Å². The van der Waals surface area contributed by atoms with Crippen molar-refractivity contribution in [1.29, 1.82) is 0 Å². The van der Waals surface area contributed by atoms with E-state index in [1.165, 1.54) is 5.56 Å². The van der Waals surface area contributed by atoms with Gasteiger partial charge in [-0.1, -0.05) is 0 Å². The van der Waals surface area contributed by atoms with Crippen LogP contribution in [0.25, 0.3) is 0 Å². The van der Waals surface area contributed by atoms with Crippen LogP contribution in [0.15, 0.2) is 17.3 Å². The second-order valence-corrected chi connectivity index (χ2v) is 2.83. The van der Waals surface area contributed by atoms with E-state index in [4.69, 9.17) is 4.74 Å². The molecule has 0 radical (unpaired) electrons. The molecule has 1 aliphatic heterocycles. The van der Waals surface area contributed by atoms with Crippen LogP contribution < -0.4 is 0 Å². The number of aromatic nitrogens is 1. The minimum Gasteiger partial charge on any atom is -0.372 e. The summed E-state index contributed by atoms with van der Waals surface area (Å²) in [4.78, 5) is 7.31. The number of aromatic amines is 1. The molecule has 0 aliphatic carbocycles. The largest absolute Gasteiger partial charge is 0.372 e. The van der Waals surface area contributed by atoms with E-state index in [-0.39, 0.29) is 6.10 Å². The highest BCUT2D eigenvalue weighted by Crippen LogP contribution is 2.22. The van der Waals surface area contributed by atoms with Gasteiger partial charge in [0.2, 0.25) is 0 Å². The van der Waals surface area contributed by atoms with Crippen LogP contribution in [0.2, 0.25) is 0 Å². The molecule has 0 saturated heterocycles. The zero-order valence-corrected chi connectivity index (χ0v) is 7.08. The van der Waals surface area contributed by atoms with Gasteiger partial charge in [0, 0.05) is 25.4 Å². The molecule has 1 N–H and O–H groups in total. The number of nitrogens with one attached hydrogen (secondary N) is 1. The normalized spacial score (nSPS) is 20.9. The van der Waals surface area contributed by atoms with E-state index < -0.39 is 0 Å². The molecule has 0 amide bonds. The molecule has 0 bridgehead atoms. The number of hydrogen-bond acceptors (Lipinski definition) is 2. The van der Waals surface area contributed by atoms with Gasteiger partial charge in [0.1, 0.15) is 5.82 Å². The second kappa shape index (κ2) is 3.11. The molecule has 1 aliphatic rings. The Kier molecular flexibility index (Phi) is 1.96. The molecule has 64 valence electrons. The molecule has 12 heavy (non-hydrogen) atoms. The predicted molar refractivity (Wildman–Crippen MR) is 48.1 cm³/mol. The average Bonchev–Trinajstić information content (AvgIpc) is 2.51. The summed E-state index contributed by atoms with van der Waals surface area (Å²) in [6.07, 6.45) is 4.88. The van der Waals surface area contributed by atoms with Gasteiger partial charge in [-0.25, -0.2) is 4.99 Å². The third-order valence-electron chi connectivity index (χ3n) is 1.98. The Bertz CT molecular complexity index is 290. The first-order valence-electron chi connectivity index (χ1n) is 4.22. The monoisotopic (exact) mass is 164 g/mol. The molecule has 1 atom stereocenters. The van der Waals surface area contributed by atoms with Gasteiger partial charge in [-0.3, -0.25) is 0 Å². The van der Waals surface area contributed by atoms with E-state index >= 15 is 0 Å². The highest BCUT2D eigenvalue weighted by atomic mass is 16.5. The van der Waals surface area contributed by atoms with Crippen molar-refractivity contribution in [3.05, 3.63) is 17.8 Å². The van der Waals surface area contributed by atoms with E-state index in [0.717, 1.165) is 18.8 Å². The third kappa shape index (κ3) is 1.28. The molecule has 0 saturated carbocycles. The van der Waals surface area contributed by atoms with Crippen LogP contribution in [0.5, 0.6) is 0 Å². The Balaban J connectivity index is 2.13. The number of fused-ring (bicyclic) bond motifs is 1. The van der Waals surface area contributed by atoms with Gasteiger partial charge < -0.3 is 9.72 Å². The van der Waals surface area contributed by atoms with E-state index in [1.54, 1.807) is 0 Å². The zero-order valence-electron chi connectivity index (χ0n) is 7.08. The predicted octanol–water partition coefficient (Wildman–Crippen LogP) is 1.68. The summed E-state index contributed by atoms with van der Waals surface area (Å²) < 4.78 is 5.45. The molecule has 0 spiro atoms. The SMILES string of the molecule is CCOC1C=Nc2[nH]ccc2C1. The number of hydrogen-bond donors (Lipinski definition) is 1. The first-order chi connectivity index (χ1) is 5.90. The fourth-order valence-corrected chi connectivity index (χ4v) is 1.42. The van der Waals surface area contributed by atoms with Crippen molar-refractivity contribution in [3.8, 4) is 0 Å². The summed E-state index contributed by atoms with van der Waals surface area (Å²) in [7, 11) is 0. The summed E-state index contributed by atoms with van der Waals surface area (Å²) in [5.41, 5.74) is 1.25. The lowest BCUT2D eigenvalue weighted by molar-refractivity contribution is 0.112. The maximum Gasteiger partial charge on any atom is 0.132 e. The minimum atomic E-state index is 0.165. The highest BCUT2D eigenvalue weighted by molar-refractivity contribution is 5.71. The average molecular weight is 164 g/mol. The fourth-order valence-electron chi connectivity index (χ4n) is 1.42. The fraction of sp³-hybridized carbons (Fsp3) is 0.444. The topological polar surface area (TPSA) is 37.4 Å². The van der Waals surface area contributed by atoms with Gasteiger partial charge in [-0.2, -0.15) is 0 Å². The van der Waals surface area contributed by atoms with Crippen LogP contribution in [0.1, 0.15) is 12.5 Å². The summed E-state index contributed by atoms with van der Waals surface area (Å²) in [6.45, 7) is 2.75. The van der Waals surface area contributed by atoms with E-state index in [9.17, 15) is 0 Å². The van der Waals surface area contributed by atoms with Crippen molar-refractivity contribution in [1.82, 2.24) is 4.98 Å². The van der Waals surface area contributed by atoms with Crippen LogP contribution in [0, 0.1) is 0 Å². The summed E-state index contributed by atoms with van der Waals surface area (Å²) >= 11 is 0. The zero-order chi connectivity index (χ0) is 8.39. The van der Waals surface area contributed by atoms with Crippen LogP contribution >= 0.6 is 0 Å². The van der Waals surface area contributed by atoms with Crippen molar-refractivity contribution in [2.75, 3.05) is 6.61 Å². The lowest BCUT2D eigenvalue weighted by atomic mass is 10.1. The maximum atomic E-state index is 5.45. The molecule has 1 aromatic rings. The lowest BCUT2D eigenvalue weighted by Gasteiger charge is -2.15. The Morgan fingerprint density at radius 3 is 3.50 bits per heavy atom. The first-order valence-corrected chi connectivity index (χ1v) is 4.22. The Hall–Kier alpha value is -1.09. The molecule has 1 unspecified atom stereocenters. The number of aliphatic imine (C=N–C) groups is 1. The molecule has 3 heteroatoms. The Morgan fingerprint density at radius 1 is 1.75 bits per heavy atom. The molecule has 0 aromatic carbocycles. The van der Waals surface area contributed by atoms with Crippen LogP contribution in [-0.4, -0.2) is 23.9 Å². The Labute approximate surface area is 71.5 Å². The maximum absolute atomic E-state index is 5.45. The molecule has 3 nitrogen and oxygen atoms in total. The summed E-state index contributed by atoms with van der Waals surface area (Å²) in [5, 5.41) is 0. The highest BCUT2D eigenvalue weighted by Gasteiger charge is 2.14. The Morgan fingerprint density at radius 2 is 2.67 bits per heavy atom. The number of nitrogens with zero attached hydrogens (tertiary/aromatic N) is 1. The number of ether oxygens (including phenoxy) is 1. The molecule has 2 heterocycles. The molecular weight excluding hydrogens is 152 g/mol. The van der Waals surface area contributed by atoms with Gasteiger partial charge in [-0.15, -0.1) is 0 Å². The second-order valence-electron chi connectivity index (χ2n) is 2.83. The van der Waals surface area contributed by atoms with Gasteiger partial charge in [0.15, 0.2) is 0 Å². The minimum absolute atomic E-state index is 0.165. The quantitative estimate of drug-likeness (QED) is 0.709. The van der Waals surface area contributed by atoms with Crippen LogP contribution in [0.4, 0.5) is 5.82 Å². The van der Waals surface area contributed by atoms with Crippen molar-refractivity contribution >= 4 is 12.0 Å². The van der Waals surface area contributed by atoms with Crippen molar-refractivity contribution in [2.45, 2.75) is 19.4 Å². The molecule has 0 fully saturated rings. The third-order valence-corrected chi connectivity index (χ3v) is 1.98. The van der Waals surface area contributed by atoms with Crippen LogP contribution in [-0.2, 0) is 11.2 Å². The lowest BCUT2D eigenvalue weighted by Crippen LogP contribution is -2.19. The van der Waals surface area contributed by atoms with E-state index in [2.05, 4.69) is 16.0 Å². The van der Waals surface area contributed by atoms with Gasteiger partial charge in [0.05, 0.1) is 6.10 Å². The van der Waals surface area contributed by atoms with Gasteiger partial charge in [-0.05, 0) is 18.6 Å². The van der Waals surface area contributed by atoms with Crippen molar-refractivity contribution < 1.29 is 4.74 Å². The molecule has 1 aromatic heterocycles. The van der Waals surface area contributed by atoms with E-state index in [1.807, 2.05) is 19.3 Å². The smallest absolute Gasteiger partial charge is 0.132 e. The van der Waals surface area contributed by atoms with Gasteiger partial charge >= 0.3 is 0 Å². The summed E-state index contributed by atoms with van der Waals surface area (Å²) in [5.74, 6) is 0.978. The van der Waals surface area contributed by atoms with Crippen molar-refractivity contribution in [3.63, 3.8) is 0 Å². The number of rotatable bonds is 2. The van der Waals surface area contributed by atoms with Crippen molar-refractivity contribution in [2.24, 2.45) is 4.99 Å². The molecule has 2 rings (SSSR count). The standard InChI is InChI=1S/C9H12N2O/c1-2-12-8-5-7-3-4-10-9(7)11-6-8/h3-4,6,8,10H,2,5H2,1H3.